The molecule has 16 heavy (non-hydrogen) atoms. The predicted octanol–water partition coefficient (Wildman–Crippen LogP) is 0.747. The number of nitrogens with two attached hydrogens (primary N) is 1. The van der Waals surface area contributed by atoms with Crippen molar-refractivity contribution in [3.05, 3.63) is 18.2 Å². The lowest BCUT2D eigenvalue weighted by atomic mass is 10.3. The van der Waals surface area contributed by atoms with Crippen LogP contribution in [0.4, 0.5) is 5.69 Å². The van der Waals surface area contributed by atoms with Crippen LogP contribution in [0, 0.1) is 0 Å². The van der Waals surface area contributed by atoms with Crippen LogP contribution in [0.5, 0.6) is 0 Å². The summed E-state index contributed by atoms with van der Waals surface area (Å²) in [7, 11) is 1.33. The number of carbonyl (C=O) groups excluding carboxylic acids is 1. The highest BCUT2D eigenvalue weighted by Gasteiger charge is 2.18. The van der Waals surface area contributed by atoms with Crippen LogP contribution in [-0.4, -0.2) is 28.1 Å². The van der Waals surface area contributed by atoms with Gasteiger partial charge in [0.2, 0.25) is 0 Å². The summed E-state index contributed by atoms with van der Waals surface area (Å²) >= 11 is 0. The number of benzene rings is 1. The highest BCUT2D eigenvalue weighted by Crippen LogP contribution is 2.15. The van der Waals surface area contributed by atoms with Crippen LogP contribution >= 0.6 is 0 Å². The standard InChI is InChI=1S/C10H12N4O2/c1-6(10(15)16-2)14-12-8-4-3-7(11)5-9(8)13-14/h3-6H,11H2,1-2H3/t6-/m0/s1. The molecule has 0 radical (unpaired) electrons. The van der Waals surface area contributed by atoms with Crippen molar-refractivity contribution in [2.75, 3.05) is 12.8 Å². The molecule has 0 aliphatic heterocycles. The maximum absolute atomic E-state index is 11.3. The molecule has 0 aliphatic rings. The van der Waals surface area contributed by atoms with Crippen molar-refractivity contribution < 1.29 is 9.53 Å². The minimum absolute atomic E-state index is 0.381. The van der Waals surface area contributed by atoms with E-state index >= 15 is 0 Å². The van der Waals surface area contributed by atoms with Gasteiger partial charge in [0.25, 0.3) is 0 Å². The molecule has 84 valence electrons. The summed E-state index contributed by atoms with van der Waals surface area (Å²) in [5.41, 5.74) is 7.60. The molecule has 0 bridgehead atoms. The molecule has 6 nitrogen and oxygen atoms in total. The van der Waals surface area contributed by atoms with Crippen LogP contribution in [-0.2, 0) is 9.53 Å². The average Bonchev–Trinajstić information content (AvgIpc) is 2.69. The van der Waals surface area contributed by atoms with Gasteiger partial charge in [-0.2, -0.15) is 15.0 Å². The molecule has 0 amide bonds. The Balaban J connectivity index is 2.43. The fourth-order valence-electron chi connectivity index (χ4n) is 1.39. The summed E-state index contributed by atoms with van der Waals surface area (Å²) < 4.78 is 4.62. The summed E-state index contributed by atoms with van der Waals surface area (Å²) in [5.74, 6) is -0.381. The number of rotatable bonds is 2. The first-order valence-corrected chi connectivity index (χ1v) is 4.81. The highest BCUT2D eigenvalue weighted by molar-refractivity contribution is 5.78. The van der Waals surface area contributed by atoms with Crippen LogP contribution in [0.3, 0.4) is 0 Å². The largest absolute Gasteiger partial charge is 0.467 e. The number of fused-ring (bicyclic) bond motifs is 1. The van der Waals surface area contributed by atoms with Crippen molar-refractivity contribution >= 4 is 22.7 Å². The SMILES string of the molecule is COC(=O)[C@H](C)n1nc2ccc(N)cc2n1. The number of ether oxygens (including phenoxy) is 1. The summed E-state index contributed by atoms with van der Waals surface area (Å²) in [4.78, 5) is 12.6. The molecule has 0 unspecified atom stereocenters. The zero-order valence-electron chi connectivity index (χ0n) is 9.04. The molecular weight excluding hydrogens is 208 g/mol. The molecule has 1 heterocycles. The first kappa shape index (κ1) is 10.4. The van der Waals surface area contributed by atoms with Crippen molar-refractivity contribution in [2.45, 2.75) is 13.0 Å². The first-order chi connectivity index (χ1) is 7.61. The second-order valence-corrected chi connectivity index (χ2v) is 3.47. The maximum atomic E-state index is 11.3. The number of anilines is 1. The van der Waals surface area contributed by atoms with Gasteiger partial charge in [-0.25, -0.2) is 4.79 Å². The van der Waals surface area contributed by atoms with Gasteiger partial charge in [-0.05, 0) is 25.1 Å². The minimum Gasteiger partial charge on any atom is -0.467 e. The number of hydrogen-bond acceptors (Lipinski definition) is 5. The van der Waals surface area contributed by atoms with Gasteiger partial charge in [0.1, 0.15) is 11.0 Å². The molecule has 0 spiro atoms. The molecule has 0 saturated heterocycles. The van der Waals surface area contributed by atoms with Crippen LogP contribution in [0.1, 0.15) is 13.0 Å². The van der Waals surface area contributed by atoms with Gasteiger partial charge in [0.15, 0.2) is 6.04 Å². The van der Waals surface area contributed by atoms with E-state index in [0.717, 1.165) is 0 Å². The molecule has 1 atom stereocenters. The van der Waals surface area contributed by atoms with E-state index in [4.69, 9.17) is 5.73 Å². The number of nitrogen functional groups attached to an aromatic ring is 1. The molecular formula is C10H12N4O2. The van der Waals surface area contributed by atoms with E-state index in [9.17, 15) is 4.79 Å². The van der Waals surface area contributed by atoms with Gasteiger partial charge < -0.3 is 10.5 Å². The van der Waals surface area contributed by atoms with Crippen molar-refractivity contribution in [3.63, 3.8) is 0 Å². The van der Waals surface area contributed by atoms with E-state index in [1.54, 1.807) is 25.1 Å². The Morgan fingerprint density at radius 3 is 2.81 bits per heavy atom. The van der Waals surface area contributed by atoms with Crippen LogP contribution in [0.15, 0.2) is 18.2 Å². The van der Waals surface area contributed by atoms with E-state index < -0.39 is 6.04 Å². The predicted molar refractivity (Wildman–Crippen MR) is 58.7 cm³/mol. The third-order valence-corrected chi connectivity index (χ3v) is 2.31. The minimum atomic E-state index is -0.543. The van der Waals surface area contributed by atoms with Crippen molar-refractivity contribution in [1.29, 1.82) is 0 Å². The zero-order chi connectivity index (χ0) is 11.7. The van der Waals surface area contributed by atoms with Crippen LogP contribution < -0.4 is 5.73 Å². The third kappa shape index (κ3) is 1.69. The summed E-state index contributed by atoms with van der Waals surface area (Å²) in [6.45, 7) is 1.67. The summed E-state index contributed by atoms with van der Waals surface area (Å²) in [6, 6.07) is 4.67. The lowest BCUT2D eigenvalue weighted by Gasteiger charge is -2.06. The van der Waals surface area contributed by atoms with Gasteiger partial charge in [0, 0.05) is 5.69 Å². The second-order valence-electron chi connectivity index (χ2n) is 3.47. The Morgan fingerprint density at radius 1 is 1.44 bits per heavy atom. The molecule has 0 fully saturated rings. The monoisotopic (exact) mass is 220 g/mol. The van der Waals surface area contributed by atoms with Gasteiger partial charge >= 0.3 is 5.97 Å². The fraction of sp³-hybridized carbons (Fsp3) is 0.300. The number of aromatic nitrogens is 3. The Morgan fingerprint density at radius 2 is 2.12 bits per heavy atom. The normalized spacial score (nSPS) is 12.6. The molecule has 2 N–H and O–H groups in total. The maximum Gasteiger partial charge on any atom is 0.332 e. The van der Waals surface area contributed by atoms with Crippen LogP contribution in [0.2, 0.25) is 0 Å². The van der Waals surface area contributed by atoms with Crippen molar-refractivity contribution in [3.8, 4) is 0 Å². The Hall–Kier alpha value is -2.11. The zero-order valence-corrected chi connectivity index (χ0v) is 9.04. The molecule has 0 saturated carbocycles. The number of hydrogen-bond donors (Lipinski definition) is 1. The summed E-state index contributed by atoms with van der Waals surface area (Å²) in [5, 5.41) is 8.34. The number of esters is 1. The molecule has 1 aromatic heterocycles. The van der Waals surface area contributed by atoms with E-state index in [-0.39, 0.29) is 5.97 Å². The fourth-order valence-corrected chi connectivity index (χ4v) is 1.39. The van der Waals surface area contributed by atoms with Crippen molar-refractivity contribution in [2.24, 2.45) is 0 Å². The van der Waals surface area contributed by atoms with Crippen molar-refractivity contribution in [1.82, 2.24) is 15.0 Å². The Bertz CT molecular complexity index is 535. The van der Waals surface area contributed by atoms with Crippen LogP contribution in [0.25, 0.3) is 11.0 Å². The first-order valence-electron chi connectivity index (χ1n) is 4.81. The molecule has 6 heteroatoms. The topological polar surface area (TPSA) is 83.0 Å². The van der Waals surface area contributed by atoms with E-state index in [2.05, 4.69) is 14.9 Å². The van der Waals surface area contributed by atoms with Gasteiger partial charge in [-0.1, -0.05) is 0 Å². The molecule has 2 rings (SSSR count). The van der Waals surface area contributed by atoms with E-state index in [1.807, 2.05) is 0 Å². The molecule has 2 aromatic rings. The lowest BCUT2D eigenvalue weighted by molar-refractivity contribution is -0.144. The van der Waals surface area contributed by atoms with Gasteiger partial charge in [0.05, 0.1) is 7.11 Å². The van der Waals surface area contributed by atoms with E-state index in [0.29, 0.717) is 16.7 Å². The molecule has 0 aliphatic carbocycles. The molecule has 1 aromatic carbocycles. The number of carbonyl (C=O) groups is 1. The Kier molecular flexibility index (Phi) is 2.47. The van der Waals surface area contributed by atoms with Gasteiger partial charge in [-0.15, -0.1) is 0 Å². The average molecular weight is 220 g/mol. The third-order valence-electron chi connectivity index (χ3n) is 2.31. The van der Waals surface area contributed by atoms with E-state index in [1.165, 1.54) is 11.9 Å². The number of methoxy groups -OCH3 is 1. The number of nitrogens with zero attached hydrogens (tertiary/aromatic N) is 3. The van der Waals surface area contributed by atoms with Gasteiger partial charge in [-0.3, -0.25) is 0 Å². The lowest BCUT2D eigenvalue weighted by Crippen LogP contribution is -2.19. The quantitative estimate of drug-likeness (QED) is 0.596. The highest BCUT2D eigenvalue weighted by atomic mass is 16.5. The Labute approximate surface area is 92.0 Å². The second kappa shape index (κ2) is 3.80. The smallest absolute Gasteiger partial charge is 0.332 e. The summed E-state index contributed by atoms with van der Waals surface area (Å²) in [6.07, 6.45) is 0.